The van der Waals surface area contributed by atoms with Gasteiger partial charge in [-0.2, -0.15) is 0 Å². The van der Waals surface area contributed by atoms with Crippen LogP contribution in [-0.4, -0.2) is 37.2 Å². The van der Waals surface area contributed by atoms with Gasteiger partial charge in [0, 0.05) is 19.3 Å². The fourth-order valence-corrected chi connectivity index (χ4v) is 7.80. The summed E-state index contributed by atoms with van der Waals surface area (Å²) in [6.45, 7) is 6.41. The molecule has 0 rings (SSSR count). The quantitative estimate of drug-likeness (QED) is 0.0262. The van der Waals surface area contributed by atoms with E-state index in [1.807, 2.05) is 0 Å². The summed E-state index contributed by atoms with van der Waals surface area (Å²) in [6, 6.07) is 0. The average molecular weight is 921 g/mol. The molecule has 0 aliphatic heterocycles. The second-order valence-electron chi connectivity index (χ2n) is 18.5. The van der Waals surface area contributed by atoms with Crippen LogP contribution in [0.2, 0.25) is 0 Å². The molecule has 1 atom stereocenters. The highest BCUT2D eigenvalue weighted by Crippen LogP contribution is 2.16. The first-order chi connectivity index (χ1) is 32.5. The minimum Gasteiger partial charge on any atom is -0.462 e. The number of carbonyl (C=O) groups is 3. The summed E-state index contributed by atoms with van der Waals surface area (Å²) in [6.07, 6.45) is 69.7. The zero-order valence-corrected chi connectivity index (χ0v) is 43.4. The number of esters is 3. The fraction of sp³-hybridized carbons (Fsp3) is 0.750. The smallest absolute Gasteiger partial charge is 0.306 e. The molecule has 0 aromatic rings. The number of rotatable bonds is 50. The van der Waals surface area contributed by atoms with Crippen LogP contribution in [0.4, 0.5) is 0 Å². The molecule has 0 saturated carbocycles. The van der Waals surface area contributed by atoms with Crippen molar-refractivity contribution in [3.05, 3.63) is 72.9 Å². The Kier molecular flexibility index (Phi) is 51.9. The Morgan fingerprint density at radius 1 is 0.318 bits per heavy atom. The van der Waals surface area contributed by atoms with Gasteiger partial charge in [0.25, 0.3) is 0 Å². The summed E-state index contributed by atoms with van der Waals surface area (Å²) in [5.41, 5.74) is 0. The number of hydrogen-bond donors (Lipinski definition) is 0. The highest BCUT2D eigenvalue weighted by atomic mass is 16.6. The van der Waals surface area contributed by atoms with Gasteiger partial charge < -0.3 is 14.2 Å². The SMILES string of the molecule is CC/C=C\C/C=C\C/C=C\C/C=C\C/C=C\C/C=C\CCCCCCCCCCCCCCCCCCC(=O)OCC(COC(=O)CCCCCCC)OC(=O)CCCCCCCCCC. The van der Waals surface area contributed by atoms with Crippen LogP contribution in [-0.2, 0) is 28.6 Å². The summed E-state index contributed by atoms with van der Waals surface area (Å²) in [5, 5.41) is 0. The molecule has 0 amide bonds. The molecule has 0 aliphatic rings. The molecule has 0 aromatic carbocycles. The molecule has 0 aliphatic carbocycles. The lowest BCUT2D eigenvalue weighted by Crippen LogP contribution is -2.30. The topological polar surface area (TPSA) is 78.9 Å². The van der Waals surface area contributed by atoms with Crippen molar-refractivity contribution in [3.8, 4) is 0 Å². The van der Waals surface area contributed by atoms with Crippen LogP contribution in [0.1, 0.15) is 271 Å². The van der Waals surface area contributed by atoms with Crippen LogP contribution in [0.15, 0.2) is 72.9 Å². The number of ether oxygens (including phenoxy) is 3. The predicted molar refractivity (Wildman–Crippen MR) is 284 cm³/mol. The highest BCUT2D eigenvalue weighted by Gasteiger charge is 2.19. The monoisotopic (exact) mass is 921 g/mol. The number of unbranched alkanes of at least 4 members (excludes halogenated alkanes) is 27. The van der Waals surface area contributed by atoms with E-state index in [1.165, 1.54) is 128 Å². The number of allylic oxidation sites excluding steroid dienone is 12. The van der Waals surface area contributed by atoms with E-state index in [9.17, 15) is 14.4 Å². The first-order valence-electron chi connectivity index (χ1n) is 27.9. The maximum atomic E-state index is 12.6. The summed E-state index contributed by atoms with van der Waals surface area (Å²) in [7, 11) is 0. The van der Waals surface area contributed by atoms with Crippen LogP contribution in [0.3, 0.4) is 0 Å². The van der Waals surface area contributed by atoms with Gasteiger partial charge in [0.05, 0.1) is 0 Å². The number of carbonyl (C=O) groups excluding carboxylic acids is 3. The van der Waals surface area contributed by atoms with Crippen LogP contribution in [0, 0.1) is 0 Å². The lowest BCUT2D eigenvalue weighted by Gasteiger charge is -2.18. The van der Waals surface area contributed by atoms with E-state index in [0.29, 0.717) is 19.3 Å². The Balaban J connectivity index is 3.83. The van der Waals surface area contributed by atoms with Crippen molar-refractivity contribution in [1.29, 1.82) is 0 Å². The van der Waals surface area contributed by atoms with Gasteiger partial charge in [-0.25, -0.2) is 0 Å². The maximum absolute atomic E-state index is 12.6. The largest absolute Gasteiger partial charge is 0.462 e. The van der Waals surface area contributed by atoms with Gasteiger partial charge >= 0.3 is 17.9 Å². The van der Waals surface area contributed by atoms with Crippen LogP contribution >= 0.6 is 0 Å². The molecule has 0 saturated heterocycles. The van der Waals surface area contributed by atoms with Crippen LogP contribution < -0.4 is 0 Å². The van der Waals surface area contributed by atoms with Gasteiger partial charge in [-0.1, -0.05) is 254 Å². The molecular weight excluding hydrogens is 817 g/mol. The van der Waals surface area contributed by atoms with Crippen molar-refractivity contribution in [3.63, 3.8) is 0 Å². The third kappa shape index (κ3) is 51.8. The van der Waals surface area contributed by atoms with E-state index in [1.54, 1.807) is 0 Å². The molecule has 6 nitrogen and oxygen atoms in total. The van der Waals surface area contributed by atoms with Crippen molar-refractivity contribution < 1.29 is 28.6 Å². The zero-order chi connectivity index (χ0) is 47.9. The second-order valence-corrected chi connectivity index (χ2v) is 18.5. The predicted octanol–water partition coefficient (Wildman–Crippen LogP) is 18.6. The molecule has 1 unspecified atom stereocenters. The molecular formula is C60H104O6. The molecule has 0 fully saturated rings. The van der Waals surface area contributed by atoms with Gasteiger partial charge in [-0.3, -0.25) is 14.4 Å². The van der Waals surface area contributed by atoms with Gasteiger partial charge in [-0.05, 0) is 70.6 Å². The average Bonchev–Trinajstić information content (AvgIpc) is 3.31. The Morgan fingerprint density at radius 2 is 0.591 bits per heavy atom. The third-order valence-electron chi connectivity index (χ3n) is 12.0. The van der Waals surface area contributed by atoms with Crippen LogP contribution in [0.25, 0.3) is 0 Å². The molecule has 0 bridgehead atoms. The van der Waals surface area contributed by atoms with Crippen molar-refractivity contribution in [2.75, 3.05) is 13.2 Å². The first kappa shape index (κ1) is 62.8. The summed E-state index contributed by atoms with van der Waals surface area (Å²) in [4.78, 5) is 37.5. The van der Waals surface area contributed by atoms with Crippen molar-refractivity contribution in [2.24, 2.45) is 0 Å². The molecule has 0 radical (unpaired) electrons. The fourth-order valence-electron chi connectivity index (χ4n) is 7.80. The standard InChI is InChI=1S/C60H104O6/c1-4-7-10-13-15-17-18-19-20-21-22-23-24-25-26-27-28-29-30-31-32-33-34-35-36-37-38-39-40-41-42-43-45-47-50-53-59(62)65-56-57(55-64-58(61)52-49-46-12-9-6-3)66-60(63)54-51-48-44-16-14-11-8-5-2/h7,10,15,17,19-20,22-23,25-26,28-29,57H,4-6,8-9,11-14,16,18,21,24,27,30-56H2,1-3H3/b10-7-,17-15-,20-19-,23-22-,26-25-,29-28-. The van der Waals surface area contributed by atoms with E-state index < -0.39 is 6.10 Å². The minimum atomic E-state index is -0.764. The molecule has 0 aromatic heterocycles. The molecule has 6 heteroatoms. The normalized spacial score (nSPS) is 12.6. The molecule has 0 heterocycles. The van der Waals surface area contributed by atoms with Gasteiger partial charge in [0.15, 0.2) is 6.10 Å². The van der Waals surface area contributed by atoms with E-state index in [0.717, 1.165) is 103 Å². The lowest BCUT2D eigenvalue weighted by molar-refractivity contribution is -0.167. The zero-order valence-electron chi connectivity index (χ0n) is 43.4. The Labute approximate surface area is 408 Å². The summed E-state index contributed by atoms with van der Waals surface area (Å²) in [5.74, 6) is -0.885. The van der Waals surface area contributed by atoms with E-state index in [4.69, 9.17) is 14.2 Å². The van der Waals surface area contributed by atoms with Crippen molar-refractivity contribution >= 4 is 17.9 Å². The maximum Gasteiger partial charge on any atom is 0.306 e. The van der Waals surface area contributed by atoms with Gasteiger partial charge in [-0.15, -0.1) is 0 Å². The Morgan fingerprint density at radius 3 is 0.924 bits per heavy atom. The van der Waals surface area contributed by atoms with Crippen molar-refractivity contribution in [1.82, 2.24) is 0 Å². The minimum absolute atomic E-state index is 0.0713. The summed E-state index contributed by atoms with van der Waals surface area (Å²) < 4.78 is 16.6. The molecule has 66 heavy (non-hydrogen) atoms. The van der Waals surface area contributed by atoms with Gasteiger partial charge in [0.1, 0.15) is 13.2 Å². The van der Waals surface area contributed by atoms with E-state index in [2.05, 4.69) is 93.7 Å². The molecule has 0 N–H and O–H groups in total. The number of hydrogen-bond acceptors (Lipinski definition) is 6. The lowest BCUT2D eigenvalue weighted by atomic mass is 10.0. The van der Waals surface area contributed by atoms with Crippen LogP contribution in [0.5, 0.6) is 0 Å². The summed E-state index contributed by atoms with van der Waals surface area (Å²) >= 11 is 0. The molecule has 380 valence electrons. The highest BCUT2D eigenvalue weighted by molar-refractivity contribution is 5.71. The Bertz CT molecular complexity index is 1240. The van der Waals surface area contributed by atoms with E-state index in [-0.39, 0.29) is 31.1 Å². The first-order valence-corrected chi connectivity index (χ1v) is 27.9. The molecule has 0 spiro atoms. The van der Waals surface area contributed by atoms with Crippen molar-refractivity contribution in [2.45, 2.75) is 277 Å². The third-order valence-corrected chi connectivity index (χ3v) is 12.0. The van der Waals surface area contributed by atoms with E-state index >= 15 is 0 Å². The second kappa shape index (κ2) is 54.5. The Hall–Kier alpha value is -3.15. The van der Waals surface area contributed by atoms with Gasteiger partial charge in [0.2, 0.25) is 0 Å².